The van der Waals surface area contributed by atoms with Gasteiger partial charge in [-0.15, -0.1) is 11.3 Å². The van der Waals surface area contributed by atoms with E-state index in [9.17, 15) is 0 Å². The van der Waals surface area contributed by atoms with Crippen molar-refractivity contribution in [3.05, 3.63) is 21.9 Å². The van der Waals surface area contributed by atoms with Crippen LogP contribution in [0, 0.1) is 0 Å². The van der Waals surface area contributed by atoms with Gasteiger partial charge in [0.1, 0.15) is 0 Å². The smallest absolute Gasteiger partial charge is 0.0359 e. The lowest BCUT2D eigenvalue weighted by Crippen LogP contribution is -2.33. The molecule has 0 radical (unpaired) electrons. The molecule has 1 aliphatic heterocycles. The van der Waals surface area contributed by atoms with Crippen LogP contribution in [0.3, 0.4) is 0 Å². The monoisotopic (exact) mass is 236 g/mol. The van der Waals surface area contributed by atoms with Crippen LogP contribution in [0.4, 0.5) is 0 Å². The lowest BCUT2D eigenvalue weighted by atomic mass is 9.92. The van der Waals surface area contributed by atoms with E-state index in [0.29, 0.717) is 0 Å². The molecule has 1 saturated heterocycles. The molecule has 0 spiro atoms. The van der Waals surface area contributed by atoms with E-state index in [1.165, 1.54) is 45.3 Å². The van der Waals surface area contributed by atoms with Gasteiger partial charge < -0.3 is 5.32 Å². The van der Waals surface area contributed by atoms with Crippen molar-refractivity contribution in [2.75, 3.05) is 26.2 Å². The average molecular weight is 236 g/mol. The minimum atomic E-state index is 0.717. The Labute approximate surface area is 102 Å². The van der Waals surface area contributed by atoms with Gasteiger partial charge in [0.2, 0.25) is 0 Å². The standard InChI is InChI=1S/C13H20N2S/c1-3-12(11-5-10-16-13(11)4-1)15-8-2-6-14-7-9-15/h5,10,12,14H,1-4,6-9H2. The molecule has 3 heteroatoms. The highest BCUT2D eigenvalue weighted by atomic mass is 32.1. The zero-order valence-electron chi connectivity index (χ0n) is 9.74. The highest BCUT2D eigenvalue weighted by molar-refractivity contribution is 7.10. The molecular weight excluding hydrogens is 216 g/mol. The molecule has 2 aliphatic rings. The minimum Gasteiger partial charge on any atom is -0.315 e. The van der Waals surface area contributed by atoms with Crippen LogP contribution in [0.5, 0.6) is 0 Å². The topological polar surface area (TPSA) is 15.3 Å². The van der Waals surface area contributed by atoms with Gasteiger partial charge in [-0.2, -0.15) is 0 Å². The maximum absolute atomic E-state index is 3.50. The maximum Gasteiger partial charge on any atom is 0.0359 e. The third-order valence-electron chi connectivity index (χ3n) is 3.84. The lowest BCUT2D eigenvalue weighted by molar-refractivity contribution is 0.191. The first-order chi connectivity index (χ1) is 7.95. The second-order valence-corrected chi connectivity index (χ2v) is 5.85. The van der Waals surface area contributed by atoms with E-state index in [2.05, 4.69) is 21.7 Å². The number of fused-ring (bicyclic) bond motifs is 1. The first-order valence-corrected chi connectivity index (χ1v) is 7.34. The van der Waals surface area contributed by atoms with E-state index in [1.807, 2.05) is 11.3 Å². The molecule has 1 unspecified atom stereocenters. The van der Waals surface area contributed by atoms with Crippen LogP contribution in [0.2, 0.25) is 0 Å². The number of hydrogen-bond donors (Lipinski definition) is 1. The largest absolute Gasteiger partial charge is 0.315 e. The molecule has 2 nitrogen and oxygen atoms in total. The predicted molar refractivity (Wildman–Crippen MR) is 69.1 cm³/mol. The number of rotatable bonds is 1. The van der Waals surface area contributed by atoms with Crippen LogP contribution in [0.25, 0.3) is 0 Å². The molecule has 1 atom stereocenters. The molecule has 0 amide bonds. The van der Waals surface area contributed by atoms with Crippen molar-refractivity contribution < 1.29 is 0 Å². The van der Waals surface area contributed by atoms with Crippen molar-refractivity contribution in [1.82, 2.24) is 10.2 Å². The summed E-state index contributed by atoms with van der Waals surface area (Å²) in [6.07, 6.45) is 5.36. The molecule has 1 fully saturated rings. The van der Waals surface area contributed by atoms with Gasteiger partial charge in [0.05, 0.1) is 0 Å². The fourth-order valence-electron chi connectivity index (χ4n) is 3.02. The summed E-state index contributed by atoms with van der Waals surface area (Å²) in [5, 5.41) is 5.77. The Morgan fingerprint density at radius 2 is 2.25 bits per heavy atom. The van der Waals surface area contributed by atoms with Crippen molar-refractivity contribution in [1.29, 1.82) is 0 Å². The summed E-state index contributed by atoms with van der Waals surface area (Å²) in [5.41, 5.74) is 1.64. The second kappa shape index (κ2) is 4.86. The number of aryl methyl sites for hydroxylation is 1. The van der Waals surface area contributed by atoms with Crippen LogP contribution >= 0.6 is 11.3 Å². The second-order valence-electron chi connectivity index (χ2n) is 4.85. The molecule has 0 saturated carbocycles. The molecule has 3 rings (SSSR count). The molecule has 16 heavy (non-hydrogen) atoms. The van der Waals surface area contributed by atoms with Gasteiger partial charge >= 0.3 is 0 Å². The van der Waals surface area contributed by atoms with Crippen molar-refractivity contribution in [3.8, 4) is 0 Å². The Hall–Kier alpha value is -0.380. The van der Waals surface area contributed by atoms with E-state index in [4.69, 9.17) is 0 Å². The van der Waals surface area contributed by atoms with Crippen LogP contribution in [-0.4, -0.2) is 31.1 Å². The van der Waals surface area contributed by atoms with E-state index in [-0.39, 0.29) is 0 Å². The summed E-state index contributed by atoms with van der Waals surface area (Å²) in [4.78, 5) is 4.35. The first-order valence-electron chi connectivity index (χ1n) is 6.46. The zero-order chi connectivity index (χ0) is 10.8. The van der Waals surface area contributed by atoms with Crippen LogP contribution in [0.1, 0.15) is 35.7 Å². The SMILES string of the molecule is c1cc2c(s1)CCCC2N1CCCNCC1. The summed E-state index contributed by atoms with van der Waals surface area (Å²) in [5.74, 6) is 0. The van der Waals surface area contributed by atoms with Gasteiger partial charge in [0.25, 0.3) is 0 Å². The number of nitrogens with one attached hydrogen (secondary N) is 1. The van der Waals surface area contributed by atoms with E-state index in [1.54, 1.807) is 10.4 Å². The summed E-state index contributed by atoms with van der Waals surface area (Å²) < 4.78 is 0. The molecule has 1 aromatic heterocycles. The molecule has 0 bridgehead atoms. The van der Waals surface area contributed by atoms with E-state index in [0.717, 1.165) is 12.6 Å². The Morgan fingerprint density at radius 3 is 3.25 bits per heavy atom. The summed E-state index contributed by atoms with van der Waals surface area (Å²) in [6.45, 7) is 4.85. The van der Waals surface area contributed by atoms with E-state index < -0.39 is 0 Å². The van der Waals surface area contributed by atoms with Crippen molar-refractivity contribution in [2.24, 2.45) is 0 Å². The van der Waals surface area contributed by atoms with Gasteiger partial charge in [0, 0.05) is 30.6 Å². The highest BCUT2D eigenvalue weighted by Crippen LogP contribution is 2.37. The van der Waals surface area contributed by atoms with Crippen molar-refractivity contribution >= 4 is 11.3 Å². The van der Waals surface area contributed by atoms with Crippen molar-refractivity contribution in [2.45, 2.75) is 31.7 Å². The third kappa shape index (κ3) is 2.04. The molecule has 1 N–H and O–H groups in total. The van der Waals surface area contributed by atoms with Gasteiger partial charge in [-0.05, 0) is 49.2 Å². The normalized spacial score (nSPS) is 27.4. The fraction of sp³-hybridized carbons (Fsp3) is 0.692. The Balaban J connectivity index is 1.80. The molecule has 1 aliphatic carbocycles. The third-order valence-corrected chi connectivity index (χ3v) is 4.83. The summed E-state index contributed by atoms with van der Waals surface area (Å²) in [6, 6.07) is 3.08. The van der Waals surface area contributed by atoms with Gasteiger partial charge in [0.15, 0.2) is 0 Å². The van der Waals surface area contributed by atoms with E-state index >= 15 is 0 Å². The number of nitrogens with zero attached hydrogens (tertiary/aromatic N) is 1. The van der Waals surface area contributed by atoms with Gasteiger partial charge in [-0.1, -0.05) is 0 Å². The van der Waals surface area contributed by atoms with Crippen LogP contribution in [0.15, 0.2) is 11.4 Å². The van der Waals surface area contributed by atoms with Gasteiger partial charge in [-0.3, -0.25) is 4.90 Å². The minimum absolute atomic E-state index is 0.717. The molecule has 1 aromatic rings. The zero-order valence-corrected chi connectivity index (χ0v) is 10.6. The Kier molecular flexibility index (Phi) is 3.27. The summed E-state index contributed by atoms with van der Waals surface area (Å²) >= 11 is 1.96. The predicted octanol–water partition coefficient (Wildman–Crippen LogP) is 2.42. The van der Waals surface area contributed by atoms with Crippen LogP contribution < -0.4 is 5.32 Å². The molecule has 2 heterocycles. The summed E-state index contributed by atoms with van der Waals surface area (Å²) in [7, 11) is 0. The molecule has 0 aromatic carbocycles. The van der Waals surface area contributed by atoms with Crippen LogP contribution in [-0.2, 0) is 6.42 Å². The lowest BCUT2D eigenvalue weighted by Gasteiger charge is -2.33. The number of thiophene rings is 1. The Morgan fingerprint density at radius 1 is 1.25 bits per heavy atom. The first kappa shape index (κ1) is 10.8. The quantitative estimate of drug-likeness (QED) is 0.805. The molecule has 88 valence electrons. The highest BCUT2D eigenvalue weighted by Gasteiger charge is 2.26. The number of hydrogen-bond acceptors (Lipinski definition) is 3. The fourth-order valence-corrected chi connectivity index (χ4v) is 4.00. The Bertz CT molecular complexity index is 339. The van der Waals surface area contributed by atoms with Crippen molar-refractivity contribution in [3.63, 3.8) is 0 Å². The van der Waals surface area contributed by atoms with Gasteiger partial charge in [-0.25, -0.2) is 0 Å². The molecular formula is C13H20N2S. The maximum atomic E-state index is 3.50. The average Bonchev–Trinajstić information content (AvgIpc) is 2.63.